The van der Waals surface area contributed by atoms with Gasteiger partial charge in [0.15, 0.2) is 11.5 Å². The Balaban J connectivity index is 0.00000200. The zero-order chi connectivity index (χ0) is 13.9. The number of hydrogen-bond donors (Lipinski definition) is 2. The smallest absolute Gasteiger partial charge is 0.160 e. The monoisotopic (exact) mass is 301 g/mol. The summed E-state index contributed by atoms with van der Waals surface area (Å²) in [6, 6.07) is 6.13. The Kier molecular flexibility index (Phi) is 6.11. The first-order valence-corrected chi connectivity index (χ1v) is 6.83. The van der Waals surface area contributed by atoms with Gasteiger partial charge in [0.1, 0.15) is 6.54 Å². The Labute approximate surface area is 126 Å². The van der Waals surface area contributed by atoms with Crippen LogP contribution in [-0.4, -0.2) is 30.5 Å². The van der Waals surface area contributed by atoms with E-state index >= 15 is 0 Å². The Morgan fingerprint density at radius 1 is 1.45 bits per heavy atom. The number of phenols is 1. The predicted octanol–water partition coefficient (Wildman–Crippen LogP) is -1.57. The molecular weight excluding hydrogens is 278 g/mol. The molecule has 0 spiro atoms. The lowest BCUT2D eigenvalue weighted by atomic mass is 9.94. The molecule has 114 valence electrons. The fraction of sp³-hybridized carbons (Fsp3) is 0.600. The van der Waals surface area contributed by atoms with Gasteiger partial charge in [0, 0.05) is 18.4 Å². The topological polar surface area (TPSA) is 55.3 Å². The largest absolute Gasteiger partial charge is 1.00 e. The van der Waals surface area contributed by atoms with Crippen LogP contribution in [0.2, 0.25) is 0 Å². The molecule has 3 N–H and O–H groups in total. The van der Waals surface area contributed by atoms with Crippen LogP contribution in [-0.2, 0) is 11.3 Å². The first-order chi connectivity index (χ1) is 9.00. The summed E-state index contributed by atoms with van der Waals surface area (Å²) >= 11 is 0. The van der Waals surface area contributed by atoms with Crippen LogP contribution in [0.1, 0.15) is 32.3 Å². The van der Waals surface area contributed by atoms with E-state index in [2.05, 4.69) is 19.2 Å². The molecule has 1 unspecified atom stereocenters. The molecule has 5 heteroatoms. The average Bonchev–Trinajstić information content (AvgIpc) is 2.36. The number of nitrogens with two attached hydrogens (primary N) is 1. The maximum Gasteiger partial charge on any atom is 0.160 e. The van der Waals surface area contributed by atoms with Crippen molar-refractivity contribution in [3.8, 4) is 11.5 Å². The van der Waals surface area contributed by atoms with E-state index in [-0.39, 0.29) is 23.8 Å². The van der Waals surface area contributed by atoms with Crippen molar-refractivity contribution in [3.05, 3.63) is 23.8 Å². The highest BCUT2D eigenvalue weighted by molar-refractivity contribution is 5.41. The van der Waals surface area contributed by atoms with Crippen LogP contribution in [0, 0.1) is 0 Å². The van der Waals surface area contributed by atoms with Crippen LogP contribution >= 0.6 is 0 Å². The molecule has 0 aliphatic carbocycles. The molecule has 1 aromatic rings. The Morgan fingerprint density at radius 2 is 2.20 bits per heavy atom. The predicted molar refractivity (Wildman–Crippen MR) is 73.3 cm³/mol. The maximum absolute atomic E-state index is 9.57. The van der Waals surface area contributed by atoms with Crippen molar-refractivity contribution in [3.63, 3.8) is 0 Å². The number of aromatic hydroxyl groups is 1. The highest BCUT2D eigenvalue weighted by Gasteiger charge is 2.30. The number of quaternary nitrogens is 1. The lowest BCUT2D eigenvalue weighted by Crippen LogP contribution is -3.00. The van der Waals surface area contributed by atoms with Crippen molar-refractivity contribution in [1.82, 2.24) is 0 Å². The molecule has 1 heterocycles. The van der Waals surface area contributed by atoms with Gasteiger partial charge in [0.2, 0.25) is 0 Å². The van der Waals surface area contributed by atoms with Crippen molar-refractivity contribution in [2.45, 2.75) is 44.9 Å². The Morgan fingerprint density at radius 3 is 2.85 bits per heavy atom. The van der Waals surface area contributed by atoms with Crippen LogP contribution < -0.4 is 22.5 Å². The molecule has 0 amide bonds. The summed E-state index contributed by atoms with van der Waals surface area (Å²) in [6.07, 6.45) is 2.17. The lowest BCUT2D eigenvalue weighted by molar-refractivity contribution is -0.709. The van der Waals surface area contributed by atoms with Gasteiger partial charge in [0.25, 0.3) is 0 Å². The summed E-state index contributed by atoms with van der Waals surface area (Å²) in [6.45, 7) is 6.04. The van der Waals surface area contributed by atoms with Gasteiger partial charge in [-0.2, -0.15) is 0 Å². The highest BCUT2D eigenvalue weighted by atomic mass is 35.5. The number of halogens is 1. The number of rotatable bonds is 4. The van der Waals surface area contributed by atoms with Gasteiger partial charge in [-0.1, -0.05) is 0 Å². The standard InChI is InChI=1S/C15H23NO3.ClH/c1-15(2)9-12(6-7-19-15)16-10-11-4-5-13(17)14(8-11)18-3;/h4-5,8,12,16-17H,6-7,9-10H2,1-3H3;1H. The van der Waals surface area contributed by atoms with Crippen molar-refractivity contribution in [1.29, 1.82) is 0 Å². The second kappa shape index (κ2) is 7.16. The minimum absolute atomic E-state index is 0. The minimum atomic E-state index is -0.00787. The van der Waals surface area contributed by atoms with E-state index in [0.29, 0.717) is 11.8 Å². The fourth-order valence-corrected chi connectivity index (χ4v) is 2.63. The zero-order valence-electron chi connectivity index (χ0n) is 12.4. The molecule has 1 aromatic carbocycles. The van der Waals surface area contributed by atoms with Crippen molar-refractivity contribution in [2.24, 2.45) is 0 Å². The molecule has 4 nitrogen and oxygen atoms in total. The van der Waals surface area contributed by atoms with E-state index in [0.717, 1.165) is 26.0 Å². The van der Waals surface area contributed by atoms with Crippen molar-refractivity contribution < 1.29 is 32.3 Å². The van der Waals surface area contributed by atoms with Crippen molar-refractivity contribution in [2.75, 3.05) is 13.7 Å². The quantitative estimate of drug-likeness (QED) is 0.706. The number of benzene rings is 1. The summed E-state index contributed by atoms with van der Waals surface area (Å²) in [5.41, 5.74) is 1.16. The van der Waals surface area contributed by atoms with E-state index in [1.54, 1.807) is 13.2 Å². The van der Waals surface area contributed by atoms with E-state index in [1.165, 1.54) is 5.56 Å². The first kappa shape index (κ1) is 17.1. The van der Waals surface area contributed by atoms with Crippen molar-refractivity contribution >= 4 is 0 Å². The third-order valence-corrected chi connectivity index (χ3v) is 3.67. The zero-order valence-corrected chi connectivity index (χ0v) is 13.1. The number of phenolic OH excluding ortho intramolecular Hbond substituents is 1. The summed E-state index contributed by atoms with van der Waals surface area (Å²) in [4.78, 5) is 0. The van der Waals surface area contributed by atoms with Gasteiger partial charge < -0.3 is 32.3 Å². The van der Waals surface area contributed by atoms with Crippen LogP contribution in [0.3, 0.4) is 0 Å². The molecular formula is C15H24ClNO3. The third-order valence-electron chi connectivity index (χ3n) is 3.67. The Bertz CT molecular complexity index is 437. The second-order valence-corrected chi connectivity index (χ2v) is 5.81. The molecule has 0 radical (unpaired) electrons. The molecule has 0 bridgehead atoms. The van der Waals surface area contributed by atoms with Crippen LogP contribution in [0.4, 0.5) is 0 Å². The van der Waals surface area contributed by atoms with E-state index < -0.39 is 0 Å². The lowest BCUT2D eigenvalue weighted by Gasteiger charge is -2.34. The van der Waals surface area contributed by atoms with Gasteiger partial charge in [-0.15, -0.1) is 0 Å². The van der Waals surface area contributed by atoms with E-state index in [9.17, 15) is 5.11 Å². The molecule has 1 saturated heterocycles. The van der Waals surface area contributed by atoms with Gasteiger partial charge in [-0.05, 0) is 32.0 Å². The normalized spacial score (nSPS) is 21.1. The molecule has 1 atom stereocenters. The van der Waals surface area contributed by atoms with Gasteiger partial charge in [-0.25, -0.2) is 0 Å². The maximum atomic E-state index is 9.57. The van der Waals surface area contributed by atoms with Crippen LogP contribution in [0.15, 0.2) is 18.2 Å². The molecule has 0 aromatic heterocycles. The number of hydrogen-bond acceptors (Lipinski definition) is 3. The fourth-order valence-electron chi connectivity index (χ4n) is 2.63. The van der Waals surface area contributed by atoms with E-state index in [4.69, 9.17) is 9.47 Å². The minimum Gasteiger partial charge on any atom is -1.00 e. The first-order valence-electron chi connectivity index (χ1n) is 6.83. The highest BCUT2D eigenvalue weighted by Crippen LogP contribution is 2.26. The molecule has 1 aliphatic rings. The molecule has 1 fully saturated rings. The summed E-state index contributed by atoms with van der Waals surface area (Å²) in [7, 11) is 1.57. The molecule has 2 rings (SSSR count). The summed E-state index contributed by atoms with van der Waals surface area (Å²) in [5, 5.41) is 11.9. The molecule has 1 aliphatic heterocycles. The second-order valence-electron chi connectivity index (χ2n) is 5.81. The average molecular weight is 302 g/mol. The number of methoxy groups -OCH3 is 1. The third kappa shape index (κ3) is 4.54. The molecule has 0 saturated carbocycles. The van der Waals surface area contributed by atoms with Gasteiger partial charge >= 0.3 is 0 Å². The van der Waals surface area contributed by atoms with Gasteiger partial charge in [0.05, 0.1) is 25.4 Å². The SMILES string of the molecule is COc1cc(C[NH2+]C2CCOC(C)(C)C2)ccc1O.[Cl-]. The Hall–Kier alpha value is -0.970. The van der Waals surface area contributed by atoms with Crippen LogP contribution in [0.5, 0.6) is 11.5 Å². The summed E-state index contributed by atoms with van der Waals surface area (Å²) in [5.74, 6) is 0.733. The van der Waals surface area contributed by atoms with E-state index in [1.807, 2.05) is 12.1 Å². The number of ether oxygens (including phenoxy) is 2. The van der Waals surface area contributed by atoms with Gasteiger partial charge in [-0.3, -0.25) is 0 Å². The molecule has 20 heavy (non-hydrogen) atoms. The summed E-state index contributed by atoms with van der Waals surface area (Å²) < 4.78 is 10.9. The van der Waals surface area contributed by atoms with Crippen LogP contribution in [0.25, 0.3) is 0 Å².